The number of para-hydroxylation sites is 1. The maximum absolute atomic E-state index is 12.6. The van der Waals surface area contributed by atoms with Gasteiger partial charge in [0.1, 0.15) is 11.5 Å². The summed E-state index contributed by atoms with van der Waals surface area (Å²) in [5, 5.41) is 2.74. The van der Waals surface area contributed by atoms with E-state index in [1.165, 1.54) is 20.2 Å². The fourth-order valence-electron chi connectivity index (χ4n) is 2.65. The van der Waals surface area contributed by atoms with Gasteiger partial charge in [0.05, 0.1) is 4.90 Å². The summed E-state index contributed by atoms with van der Waals surface area (Å²) >= 11 is 0. The lowest BCUT2D eigenvalue weighted by molar-refractivity contribution is 0.102. The van der Waals surface area contributed by atoms with Gasteiger partial charge in [0.2, 0.25) is 10.0 Å². The first-order chi connectivity index (χ1) is 13.8. The van der Waals surface area contributed by atoms with Crippen LogP contribution in [0.5, 0.6) is 11.5 Å². The first-order valence-electron chi connectivity index (χ1n) is 8.95. The lowest BCUT2D eigenvalue weighted by atomic mass is 10.2. The van der Waals surface area contributed by atoms with Crippen LogP contribution in [-0.2, 0) is 10.0 Å². The van der Waals surface area contributed by atoms with E-state index in [0.717, 1.165) is 4.31 Å². The van der Waals surface area contributed by atoms with E-state index in [9.17, 15) is 13.2 Å². The second kappa shape index (κ2) is 8.46. The van der Waals surface area contributed by atoms with Crippen LogP contribution in [-0.4, -0.2) is 32.7 Å². The molecule has 0 aliphatic rings. The zero-order valence-electron chi connectivity index (χ0n) is 16.4. The molecule has 0 aromatic heterocycles. The maximum Gasteiger partial charge on any atom is 0.255 e. The molecule has 0 saturated carbocycles. The number of ether oxygens (including phenoxy) is 1. The van der Waals surface area contributed by atoms with Crippen LogP contribution in [0.2, 0.25) is 0 Å². The Bertz CT molecular complexity index is 1110. The van der Waals surface area contributed by atoms with Gasteiger partial charge < -0.3 is 10.1 Å². The van der Waals surface area contributed by atoms with Crippen molar-refractivity contribution in [2.75, 3.05) is 19.4 Å². The molecular formula is C22H22N2O4S. The molecule has 3 aromatic rings. The highest BCUT2D eigenvalue weighted by molar-refractivity contribution is 7.89. The molecule has 1 N–H and O–H groups in total. The summed E-state index contributed by atoms with van der Waals surface area (Å²) < 4.78 is 31.8. The molecule has 0 saturated heterocycles. The van der Waals surface area contributed by atoms with Crippen molar-refractivity contribution in [3.8, 4) is 11.5 Å². The van der Waals surface area contributed by atoms with E-state index in [1.54, 1.807) is 43.3 Å². The maximum atomic E-state index is 12.6. The van der Waals surface area contributed by atoms with Crippen molar-refractivity contribution < 1.29 is 17.9 Å². The van der Waals surface area contributed by atoms with Gasteiger partial charge in [-0.05, 0) is 61.0 Å². The van der Waals surface area contributed by atoms with Crippen molar-refractivity contribution in [1.82, 2.24) is 4.31 Å². The quantitative estimate of drug-likeness (QED) is 0.658. The molecular weight excluding hydrogens is 388 g/mol. The minimum Gasteiger partial charge on any atom is -0.457 e. The average Bonchev–Trinajstić information content (AvgIpc) is 2.70. The lowest BCUT2D eigenvalue weighted by Crippen LogP contribution is -2.23. The van der Waals surface area contributed by atoms with E-state index in [4.69, 9.17) is 4.74 Å². The number of carbonyl (C=O) groups is 1. The van der Waals surface area contributed by atoms with Gasteiger partial charge in [0.25, 0.3) is 5.91 Å². The number of rotatable bonds is 6. The Morgan fingerprint density at radius 3 is 2.14 bits per heavy atom. The lowest BCUT2D eigenvalue weighted by Gasteiger charge is -2.15. The van der Waals surface area contributed by atoms with Gasteiger partial charge in [-0.1, -0.05) is 24.3 Å². The molecule has 0 atom stereocenters. The van der Waals surface area contributed by atoms with Crippen LogP contribution in [0.3, 0.4) is 0 Å². The van der Waals surface area contributed by atoms with Gasteiger partial charge in [-0.15, -0.1) is 0 Å². The van der Waals surface area contributed by atoms with E-state index >= 15 is 0 Å². The van der Waals surface area contributed by atoms with Crippen LogP contribution in [0.4, 0.5) is 5.69 Å². The topological polar surface area (TPSA) is 75.7 Å². The Morgan fingerprint density at radius 1 is 0.897 bits per heavy atom. The average molecular weight is 410 g/mol. The second-order valence-corrected chi connectivity index (χ2v) is 8.78. The molecule has 3 aromatic carbocycles. The zero-order valence-corrected chi connectivity index (χ0v) is 17.2. The minimum atomic E-state index is -3.60. The number of benzene rings is 3. The molecule has 3 rings (SSSR count). The Morgan fingerprint density at radius 2 is 1.52 bits per heavy atom. The third-order valence-electron chi connectivity index (χ3n) is 4.30. The fraction of sp³-hybridized carbons (Fsp3) is 0.136. The van der Waals surface area contributed by atoms with Crippen LogP contribution in [0.1, 0.15) is 15.9 Å². The summed E-state index contributed by atoms with van der Waals surface area (Å²) in [6, 6.07) is 20.9. The van der Waals surface area contributed by atoms with Gasteiger partial charge in [-0.3, -0.25) is 4.79 Å². The molecule has 29 heavy (non-hydrogen) atoms. The Labute approximate surface area is 170 Å². The number of amides is 1. The first-order valence-corrected chi connectivity index (χ1v) is 10.4. The summed E-state index contributed by atoms with van der Waals surface area (Å²) in [6.45, 7) is 1.72. The van der Waals surface area contributed by atoms with Crippen molar-refractivity contribution >= 4 is 21.6 Å². The normalized spacial score (nSPS) is 11.3. The molecule has 150 valence electrons. The van der Waals surface area contributed by atoms with Crippen molar-refractivity contribution in [1.29, 1.82) is 0 Å². The molecule has 0 aliphatic heterocycles. The van der Waals surface area contributed by atoms with Crippen LogP contribution < -0.4 is 10.1 Å². The highest BCUT2D eigenvalue weighted by Crippen LogP contribution is 2.24. The monoisotopic (exact) mass is 410 g/mol. The Balaban J connectivity index is 1.75. The standard InChI is InChI=1S/C22H22N2O4S/c1-16-9-12-18(15-21(16)29(26,27)24(2)3)23-22(25)17-10-13-20(14-11-17)28-19-7-5-4-6-8-19/h4-15H,1-3H3,(H,23,25). The SMILES string of the molecule is Cc1ccc(NC(=O)c2ccc(Oc3ccccc3)cc2)cc1S(=O)(=O)N(C)C. The van der Waals surface area contributed by atoms with E-state index in [1.807, 2.05) is 30.3 Å². The molecule has 0 aliphatic carbocycles. The van der Waals surface area contributed by atoms with Crippen molar-refractivity contribution in [3.05, 3.63) is 83.9 Å². The van der Waals surface area contributed by atoms with E-state index in [2.05, 4.69) is 5.32 Å². The summed E-state index contributed by atoms with van der Waals surface area (Å²) in [5.41, 5.74) is 1.45. The number of sulfonamides is 1. The largest absolute Gasteiger partial charge is 0.457 e. The van der Waals surface area contributed by atoms with Gasteiger partial charge in [0, 0.05) is 25.3 Å². The number of carbonyl (C=O) groups excluding carboxylic acids is 1. The predicted molar refractivity (Wildman–Crippen MR) is 113 cm³/mol. The molecule has 7 heteroatoms. The van der Waals surface area contributed by atoms with Crippen molar-refractivity contribution in [2.45, 2.75) is 11.8 Å². The van der Waals surface area contributed by atoms with Crippen molar-refractivity contribution in [3.63, 3.8) is 0 Å². The molecule has 0 radical (unpaired) electrons. The third kappa shape index (κ3) is 4.82. The number of aryl methyl sites for hydroxylation is 1. The summed E-state index contributed by atoms with van der Waals surface area (Å²) in [7, 11) is -0.658. The zero-order chi connectivity index (χ0) is 21.0. The molecule has 6 nitrogen and oxygen atoms in total. The second-order valence-electron chi connectivity index (χ2n) is 6.66. The predicted octanol–water partition coefficient (Wildman–Crippen LogP) is 4.29. The van der Waals surface area contributed by atoms with Gasteiger partial charge in [-0.25, -0.2) is 12.7 Å². The first kappa shape index (κ1) is 20.6. The Hall–Kier alpha value is -3.16. The van der Waals surface area contributed by atoms with Crippen molar-refractivity contribution in [2.24, 2.45) is 0 Å². The van der Waals surface area contributed by atoms with E-state index in [-0.39, 0.29) is 10.8 Å². The number of hydrogen-bond donors (Lipinski definition) is 1. The Kier molecular flexibility index (Phi) is 6.00. The third-order valence-corrected chi connectivity index (χ3v) is 6.26. The number of hydrogen-bond acceptors (Lipinski definition) is 4. The molecule has 0 fully saturated rings. The van der Waals surface area contributed by atoms with Gasteiger partial charge in [0.15, 0.2) is 0 Å². The summed E-state index contributed by atoms with van der Waals surface area (Å²) in [5.74, 6) is 0.981. The molecule has 0 spiro atoms. The molecule has 0 bridgehead atoms. The van der Waals surface area contributed by atoms with Crippen LogP contribution >= 0.6 is 0 Å². The van der Waals surface area contributed by atoms with E-state index in [0.29, 0.717) is 28.3 Å². The number of nitrogens with zero attached hydrogens (tertiary/aromatic N) is 1. The summed E-state index contributed by atoms with van der Waals surface area (Å²) in [6.07, 6.45) is 0. The smallest absolute Gasteiger partial charge is 0.255 e. The summed E-state index contributed by atoms with van der Waals surface area (Å²) in [4.78, 5) is 12.7. The highest BCUT2D eigenvalue weighted by Gasteiger charge is 2.20. The van der Waals surface area contributed by atoms with Crippen LogP contribution in [0, 0.1) is 6.92 Å². The molecule has 1 amide bonds. The van der Waals surface area contributed by atoms with E-state index < -0.39 is 10.0 Å². The molecule has 0 heterocycles. The van der Waals surface area contributed by atoms with Crippen LogP contribution in [0.15, 0.2) is 77.7 Å². The number of nitrogens with one attached hydrogen (secondary N) is 1. The fourth-order valence-corrected chi connectivity index (χ4v) is 3.80. The number of anilines is 1. The highest BCUT2D eigenvalue weighted by atomic mass is 32.2. The minimum absolute atomic E-state index is 0.159. The van der Waals surface area contributed by atoms with Crippen LogP contribution in [0.25, 0.3) is 0 Å². The van der Waals surface area contributed by atoms with Gasteiger partial charge in [-0.2, -0.15) is 0 Å². The molecule has 0 unspecified atom stereocenters. The van der Waals surface area contributed by atoms with Gasteiger partial charge >= 0.3 is 0 Å².